The molecule has 32 heavy (non-hydrogen) atoms. The Bertz CT molecular complexity index is 788. The molecule has 0 radical (unpaired) electrons. The highest BCUT2D eigenvalue weighted by molar-refractivity contribution is 5.75. The Kier molecular flexibility index (Phi) is 9.51. The van der Waals surface area contributed by atoms with E-state index in [-0.39, 0.29) is 5.92 Å². The smallest absolute Gasteiger partial charge is 0.314 e. The summed E-state index contributed by atoms with van der Waals surface area (Å²) in [5.41, 5.74) is -0.396. The monoisotopic (exact) mass is 445 g/mol. The van der Waals surface area contributed by atoms with Gasteiger partial charge >= 0.3 is 5.97 Å². The molecule has 0 amide bonds. The fourth-order valence-electron chi connectivity index (χ4n) is 5.54. The van der Waals surface area contributed by atoms with Gasteiger partial charge in [0.1, 0.15) is 6.07 Å². The largest absolute Gasteiger partial charge is 0.423 e. The highest BCUT2D eigenvalue weighted by atomic mass is 19.2. The summed E-state index contributed by atoms with van der Waals surface area (Å²) >= 11 is 0. The van der Waals surface area contributed by atoms with Crippen LogP contribution in [0.1, 0.15) is 102 Å². The summed E-state index contributed by atoms with van der Waals surface area (Å²) in [7, 11) is 0. The van der Waals surface area contributed by atoms with E-state index in [1.165, 1.54) is 64.2 Å². The van der Waals surface area contributed by atoms with Crippen molar-refractivity contribution in [2.45, 2.75) is 96.8 Å². The van der Waals surface area contributed by atoms with E-state index in [4.69, 9.17) is 10.00 Å². The van der Waals surface area contributed by atoms with Gasteiger partial charge in [0.2, 0.25) is 5.82 Å². The Morgan fingerprint density at radius 1 is 0.906 bits per heavy atom. The van der Waals surface area contributed by atoms with E-state index in [0.717, 1.165) is 49.7 Å². The minimum atomic E-state index is -1.27. The number of rotatable bonds is 9. The van der Waals surface area contributed by atoms with Gasteiger partial charge in [0.15, 0.2) is 11.6 Å². The standard InChI is InChI=1S/C27H37F2NO2/c1-2-3-4-5-19-6-8-20(9-7-19)10-11-21-12-14-22(15-13-21)27(31)32-24-17-16-23(18-30)25(28)26(24)29/h16-17,19-22H,2-15H2,1H3/t19-,20-,21?,22?. The summed E-state index contributed by atoms with van der Waals surface area (Å²) < 4.78 is 32.9. The number of hydrogen-bond donors (Lipinski definition) is 0. The van der Waals surface area contributed by atoms with Crippen molar-refractivity contribution in [3.05, 3.63) is 29.3 Å². The predicted octanol–water partition coefficient (Wildman–Crippen LogP) is 7.72. The zero-order chi connectivity index (χ0) is 22.9. The van der Waals surface area contributed by atoms with Crippen LogP contribution in [0.2, 0.25) is 0 Å². The molecule has 0 aromatic heterocycles. The average Bonchev–Trinajstić information content (AvgIpc) is 2.82. The maximum absolute atomic E-state index is 14.0. The Hall–Kier alpha value is -1.96. The summed E-state index contributed by atoms with van der Waals surface area (Å²) in [4.78, 5) is 12.4. The molecule has 0 saturated heterocycles. The minimum Gasteiger partial charge on any atom is -0.423 e. The minimum absolute atomic E-state index is 0.261. The first-order chi connectivity index (χ1) is 15.5. The molecule has 176 valence electrons. The van der Waals surface area contributed by atoms with E-state index in [1.54, 1.807) is 6.07 Å². The van der Waals surface area contributed by atoms with Crippen LogP contribution in [0, 0.1) is 46.6 Å². The van der Waals surface area contributed by atoms with Gasteiger partial charge in [0.25, 0.3) is 0 Å². The van der Waals surface area contributed by atoms with Crippen LogP contribution in [-0.4, -0.2) is 5.97 Å². The van der Waals surface area contributed by atoms with Crippen LogP contribution in [0.3, 0.4) is 0 Å². The molecular formula is C27H37F2NO2. The Balaban J connectivity index is 1.35. The van der Waals surface area contributed by atoms with Crippen molar-refractivity contribution < 1.29 is 18.3 Å². The molecule has 0 bridgehead atoms. The van der Waals surface area contributed by atoms with E-state index in [0.29, 0.717) is 5.92 Å². The first-order valence-electron chi connectivity index (χ1n) is 12.6. The summed E-state index contributed by atoms with van der Waals surface area (Å²) in [5.74, 6) is -1.24. The van der Waals surface area contributed by atoms with Gasteiger partial charge < -0.3 is 4.74 Å². The molecule has 2 saturated carbocycles. The first-order valence-corrected chi connectivity index (χ1v) is 12.6. The highest BCUT2D eigenvalue weighted by Crippen LogP contribution is 2.38. The van der Waals surface area contributed by atoms with Crippen LogP contribution in [0.4, 0.5) is 8.78 Å². The van der Waals surface area contributed by atoms with Gasteiger partial charge in [-0.2, -0.15) is 9.65 Å². The average molecular weight is 446 g/mol. The van der Waals surface area contributed by atoms with E-state index in [9.17, 15) is 13.6 Å². The number of unbranched alkanes of at least 4 members (excludes halogenated alkanes) is 2. The maximum Gasteiger partial charge on any atom is 0.314 e. The van der Waals surface area contributed by atoms with Gasteiger partial charge in [-0.05, 0) is 55.6 Å². The molecule has 3 nitrogen and oxygen atoms in total. The van der Waals surface area contributed by atoms with E-state index in [1.807, 2.05) is 0 Å². The summed E-state index contributed by atoms with van der Waals surface area (Å²) in [6, 6.07) is 3.86. The van der Waals surface area contributed by atoms with Crippen LogP contribution < -0.4 is 4.74 Å². The van der Waals surface area contributed by atoms with Crippen LogP contribution in [0.5, 0.6) is 5.75 Å². The highest BCUT2D eigenvalue weighted by Gasteiger charge is 2.30. The van der Waals surface area contributed by atoms with Gasteiger partial charge in [-0.15, -0.1) is 0 Å². The molecule has 0 atom stereocenters. The van der Waals surface area contributed by atoms with Gasteiger partial charge in [-0.1, -0.05) is 71.1 Å². The molecule has 3 rings (SSSR count). The zero-order valence-corrected chi connectivity index (χ0v) is 19.4. The number of halogens is 2. The molecule has 0 N–H and O–H groups in total. The van der Waals surface area contributed by atoms with Crippen LogP contribution in [-0.2, 0) is 4.79 Å². The number of esters is 1. The predicted molar refractivity (Wildman–Crippen MR) is 121 cm³/mol. The quantitative estimate of drug-likeness (QED) is 0.222. The summed E-state index contributed by atoms with van der Waals surface area (Å²) in [5, 5.41) is 8.76. The number of carbonyl (C=O) groups is 1. The number of benzene rings is 1. The first kappa shape index (κ1) is 24.7. The molecule has 1 aromatic carbocycles. The van der Waals surface area contributed by atoms with Crippen molar-refractivity contribution in [1.82, 2.24) is 0 Å². The van der Waals surface area contributed by atoms with Gasteiger partial charge in [-0.3, -0.25) is 4.79 Å². The SMILES string of the molecule is CCCCC[C@H]1CC[C@H](CCC2CCC(C(=O)Oc3ccc(C#N)c(F)c3F)CC2)CC1. The number of carbonyl (C=O) groups excluding carboxylic acids is 1. The van der Waals surface area contributed by atoms with Crippen LogP contribution in [0.25, 0.3) is 0 Å². The van der Waals surface area contributed by atoms with Crippen molar-refractivity contribution in [2.24, 2.45) is 23.7 Å². The Labute approximate surface area is 191 Å². The lowest BCUT2D eigenvalue weighted by Gasteiger charge is -2.31. The van der Waals surface area contributed by atoms with E-state index >= 15 is 0 Å². The molecule has 2 aliphatic rings. The Morgan fingerprint density at radius 2 is 1.47 bits per heavy atom. The second-order valence-electron chi connectivity index (χ2n) is 9.95. The summed E-state index contributed by atoms with van der Waals surface area (Å²) in [6.07, 6.45) is 17.1. The fraction of sp³-hybridized carbons (Fsp3) is 0.704. The second kappa shape index (κ2) is 12.3. The lowest BCUT2D eigenvalue weighted by atomic mass is 9.75. The molecule has 1 aromatic rings. The second-order valence-corrected chi connectivity index (χ2v) is 9.95. The van der Waals surface area contributed by atoms with Gasteiger partial charge in [0, 0.05) is 0 Å². The number of nitrogens with zero attached hydrogens (tertiary/aromatic N) is 1. The zero-order valence-electron chi connectivity index (χ0n) is 19.4. The molecule has 0 aliphatic heterocycles. The molecule has 0 spiro atoms. The normalized spacial score (nSPS) is 25.8. The fourth-order valence-corrected chi connectivity index (χ4v) is 5.54. The molecule has 0 heterocycles. The molecule has 2 aliphatic carbocycles. The maximum atomic E-state index is 14.0. The van der Waals surface area contributed by atoms with Crippen molar-refractivity contribution in [1.29, 1.82) is 5.26 Å². The number of ether oxygens (including phenoxy) is 1. The third-order valence-electron chi connectivity index (χ3n) is 7.72. The molecule has 0 unspecified atom stereocenters. The topological polar surface area (TPSA) is 50.1 Å². The number of nitriles is 1. The van der Waals surface area contributed by atoms with Crippen molar-refractivity contribution in [3.63, 3.8) is 0 Å². The molecule has 2 fully saturated rings. The Morgan fingerprint density at radius 3 is 2.03 bits per heavy atom. The van der Waals surface area contributed by atoms with E-state index < -0.39 is 28.9 Å². The molecular weight excluding hydrogens is 408 g/mol. The summed E-state index contributed by atoms with van der Waals surface area (Å²) in [6.45, 7) is 2.27. The van der Waals surface area contributed by atoms with Crippen molar-refractivity contribution >= 4 is 5.97 Å². The third-order valence-corrected chi connectivity index (χ3v) is 7.72. The van der Waals surface area contributed by atoms with Crippen molar-refractivity contribution in [3.8, 4) is 11.8 Å². The lowest BCUT2D eigenvalue weighted by Crippen LogP contribution is -2.26. The van der Waals surface area contributed by atoms with Crippen molar-refractivity contribution in [2.75, 3.05) is 0 Å². The molecule has 5 heteroatoms. The van der Waals surface area contributed by atoms with E-state index in [2.05, 4.69) is 6.92 Å². The third kappa shape index (κ3) is 6.77. The van der Waals surface area contributed by atoms with Crippen LogP contribution >= 0.6 is 0 Å². The number of hydrogen-bond acceptors (Lipinski definition) is 3. The van der Waals surface area contributed by atoms with Crippen LogP contribution in [0.15, 0.2) is 12.1 Å². The van der Waals surface area contributed by atoms with Gasteiger partial charge in [0.05, 0.1) is 11.5 Å². The lowest BCUT2D eigenvalue weighted by molar-refractivity contribution is -0.140. The van der Waals surface area contributed by atoms with Gasteiger partial charge in [-0.25, -0.2) is 4.39 Å².